The third-order valence-corrected chi connectivity index (χ3v) is 7.71. The number of nitrogens with one attached hydrogen (secondary N) is 2. The van der Waals surface area contributed by atoms with Crippen LogP contribution in [0.25, 0.3) is 21.5 Å². The van der Waals surface area contributed by atoms with Crippen LogP contribution in [0.1, 0.15) is 25.7 Å². The Morgan fingerprint density at radius 3 is 1.39 bits per heavy atom. The molecule has 0 aromatic heterocycles. The molecule has 3 aromatic carbocycles. The summed E-state index contributed by atoms with van der Waals surface area (Å²) in [6.07, 6.45) is 2.98. The summed E-state index contributed by atoms with van der Waals surface area (Å²) in [6.45, 7) is 7.03. The molecule has 194 valence electrons. The van der Waals surface area contributed by atoms with Crippen LogP contribution in [0.5, 0.6) is 11.5 Å². The zero-order valence-corrected chi connectivity index (χ0v) is 20.8. The molecule has 0 spiro atoms. The van der Waals surface area contributed by atoms with E-state index in [0.29, 0.717) is 10.8 Å². The summed E-state index contributed by atoms with van der Waals surface area (Å²) in [6, 6.07) is 11.1. The van der Waals surface area contributed by atoms with E-state index >= 15 is 0 Å². The van der Waals surface area contributed by atoms with Crippen LogP contribution in [0.2, 0.25) is 0 Å². The summed E-state index contributed by atoms with van der Waals surface area (Å²) in [5.41, 5.74) is 1.98. The second-order valence-corrected chi connectivity index (χ2v) is 10.2. The first kappa shape index (κ1) is 24.9. The van der Waals surface area contributed by atoms with E-state index in [9.17, 15) is 20.4 Å². The van der Waals surface area contributed by atoms with E-state index in [4.69, 9.17) is 0 Å². The van der Waals surface area contributed by atoms with Gasteiger partial charge in [0.1, 0.15) is 11.5 Å². The van der Waals surface area contributed by atoms with Gasteiger partial charge in [-0.05, 0) is 62.1 Å². The lowest BCUT2D eigenvalue weighted by atomic mass is 9.99. The van der Waals surface area contributed by atoms with Gasteiger partial charge < -0.3 is 40.9 Å². The van der Waals surface area contributed by atoms with Gasteiger partial charge in [0.15, 0.2) is 0 Å². The fourth-order valence-corrected chi connectivity index (χ4v) is 5.44. The van der Waals surface area contributed by atoms with Crippen LogP contribution in [0.15, 0.2) is 36.4 Å². The molecule has 6 N–H and O–H groups in total. The Labute approximate surface area is 212 Å². The minimum Gasteiger partial charge on any atom is -0.507 e. The van der Waals surface area contributed by atoms with Crippen molar-refractivity contribution in [2.75, 3.05) is 63.0 Å². The smallest absolute Gasteiger partial charge is 0.123 e. The van der Waals surface area contributed by atoms with Crippen molar-refractivity contribution in [1.82, 2.24) is 9.80 Å². The molecule has 3 aromatic rings. The number of aromatic hydroxyl groups is 2. The van der Waals surface area contributed by atoms with Crippen molar-refractivity contribution in [3.63, 3.8) is 0 Å². The van der Waals surface area contributed by atoms with Crippen LogP contribution in [0.4, 0.5) is 11.4 Å². The maximum Gasteiger partial charge on any atom is 0.123 e. The zero-order valence-electron chi connectivity index (χ0n) is 20.8. The largest absolute Gasteiger partial charge is 0.507 e. The number of aliphatic hydroxyl groups is 2. The Morgan fingerprint density at radius 2 is 1.00 bits per heavy atom. The molecule has 36 heavy (non-hydrogen) atoms. The molecule has 8 heteroatoms. The van der Waals surface area contributed by atoms with Gasteiger partial charge in [-0.2, -0.15) is 0 Å². The number of piperidine rings is 2. The van der Waals surface area contributed by atoms with Crippen molar-refractivity contribution in [3.8, 4) is 11.5 Å². The van der Waals surface area contributed by atoms with Crippen LogP contribution >= 0.6 is 0 Å². The van der Waals surface area contributed by atoms with Gasteiger partial charge in [0.05, 0.1) is 12.2 Å². The number of benzene rings is 3. The monoisotopic (exact) mass is 494 g/mol. The highest BCUT2D eigenvalue weighted by Gasteiger charge is 2.18. The van der Waals surface area contributed by atoms with Crippen molar-refractivity contribution >= 4 is 32.9 Å². The lowest BCUT2D eigenvalue weighted by Crippen LogP contribution is -2.38. The summed E-state index contributed by atoms with van der Waals surface area (Å²) >= 11 is 0. The Bertz CT molecular complexity index is 1100. The molecule has 0 aliphatic carbocycles. The zero-order chi connectivity index (χ0) is 25.1. The van der Waals surface area contributed by atoms with E-state index in [-0.39, 0.29) is 23.7 Å². The van der Waals surface area contributed by atoms with Crippen molar-refractivity contribution < 1.29 is 20.4 Å². The standard InChI is InChI=1S/C28H38N4O4/c33-19-5-11-31(12-6-19)15-9-29-25-1-2-26(30-10-16-32-13-7-20(34)8-14-32)22-18-24-23(17-21(22)25)27(35)3-4-28(24)36/h1-4,17-20,29-30,33-36H,5-16H2. The first-order valence-corrected chi connectivity index (χ1v) is 13.2. The van der Waals surface area contributed by atoms with Crippen LogP contribution < -0.4 is 10.6 Å². The molecule has 2 heterocycles. The van der Waals surface area contributed by atoms with Crippen LogP contribution in [-0.4, -0.2) is 94.8 Å². The molecule has 0 unspecified atom stereocenters. The molecule has 0 amide bonds. The number of anilines is 2. The van der Waals surface area contributed by atoms with E-state index in [1.165, 1.54) is 12.1 Å². The maximum absolute atomic E-state index is 10.5. The number of phenols is 2. The van der Waals surface area contributed by atoms with E-state index < -0.39 is 0 Å². The fraction of sp³-hybridized carbons (Fsp3) is 0.500. The van der Waals surface area contributed by atoms with Gasteiger partial charge in [-0.25, -0.2) is 0 Å². The SMILES string of the molecule is Oc1ccc(O)c2cc3c(NCCN4CCC(O)CC4)ccc(NCCN4CCC(O)CC4)c3cc12. The van der Waals surface area contributed by atoms with Crippen molar-refractivity contribution in [1.29, 1.82) is 0 Å². The molecular weight excluding hydrogens is 456 g/mol. The Hall–Kier alpha value is -2.78. The number of hydrogen-bond acceptors (Lipinski definition) is 8. The fourth-order valence-electron chi connectivity index (χ4n) is 5.44. The van der Waals surface area contributed by atoms with Gasteiger partial charge in [0.2, 0.25) is 0 Å². The average Bonchev–Trinajstić information content (AvgIpc) is 2.89. The van der Waals surface area contributed by atoms with Crippen LogP contribution in [0, 0.1) is 0 Å². The first-order chi connectivity index (χ1) is 17.5. The molecule has 5 rings (SSSR count). The number of nitrogens with zero attached hydrogens (tertiary/aromatic N) is 2. The van der Waals surface area contributed by atoms with Crippen molar-refractivity contribution in [2.45, 2.75) is 37.9 Å². The first-order valence-electron chi connectivity index (χ1n) is 13.2. The molecule has 0 bridgehead atoms. The number of likely N-dealkylation sites (tertiary alicyclic amines) is 2. The molecule has 2 aliphatic heterocycles. The molecule has 0 radical (unpaired) electrons. The lowest BCUT2D eigenvalue weighted by molar-refractivity contribution is 0.0843. The third-order valence-electron chi connectivity index (χ3n) is 7.71. The second kappa shape index (κ2) is 11.1. The highest BCUT2D eigenvalue weighted by molar-refractivity contribution is 6.11. The summed E-state index contributed by atoms with van der Waals surface area (Å²) in [5.74, 6) is 0.293. The minimum absolute atomic E-state index is 0.146. The highest BCUT2D eigenvalue weighted by Crippen LogP contribution is 2.39. The predicted octanol–water partition coefficient (Wildman–Crippen LogP) is 3.14. The normalized spacial score (nSPS) is 18.7. The van der Waals surface area contributed by atoms with Gasteiger partial charge in [-0.15, -0.1) is 0 Å². The van der Waals surface area contributed by atoms with Crippen LogP contribution in [0.3, 0.4) is 0 Å². The van der Waals surface area contributed by atoms with Gasteiger partial charge in [-0.1, -0.05) is 0 Å². The molecule has 2 fully saturated rings. The third kappa shape index (κ3) is 5.62. The van der Waals surface area contributed by atoms with Gasteiger partial charge in [0.25, 0.3) is 0 Å². The van der Waals surface area contributed by atoms with Crippen LogP contribution in [-0.2, 0) is 0 Å². The maximum atomic E-state index is 10.5. The summed E-state index contributed by atoms with van der Waals surface area (Å²) in [7, 11) is 0. The Balaban J connectivity index is 1.36. The summed E-state index contributed by atoms with van der Waals surface area (Å²) < 4.78 is 0. The van der Waals surface area contributed by atoms with E-state index in [0.717, 1.165) is 100 Å². The van der Waals surface area contributed by atoms with E-state index in [1.807, 2.05) is 12.1 Å². The van der Waals surface area contributed by atoms with Gasteiger partial charge in [0, 0.05) is 85.3 Å². The Morgan fingerprint density at radius 1 is 0.611 bits per heavy atom. The topological polar surface area (TPSA) is 111 Å². The lowest BCUT2D eigenvalue weighted by Gasteiger charge is -2.30. The molecular formula is C28H38N4O4. The molecule has 2 aliphatic rings. The Kier molecular flexibility index (Phi) is 7.67. The van der Waals surface area contributed by atoms with Gasteiger partial charge in [-0.3, -0.25) is 0 Å². The minimum atomic E-state index is -0.169. The number of fused-ring (bicyclic) bond motifs is 2. The molecule has 2 saturated heterocycles. The second-order valence-electron chi connectivity index (χ2n) is 10.2. The molecule has 8 nitrogen and oxygen atoms in total. The number of aliphatic hydroxyl groups excluding tert-OH is 2. The van der Waals surface area contributed by atoms with Crippen molar-refractivity contribution in [2.24, 2.45) is 0 Å². The summed E-state index contributed by atoms with van der Waals surface area (Å²) in [5, 5.41) is 50.9. The molecule has 0 saturated carbocycles. The van der Waals surface area contributed by atoms with E-state index in [1.54, 1.807) is 0 Å². The quantitative estimate of drug-likeness (QED) is 0.209. The van der Waals surface area contributed by atoms with Crippen molar-refractivity contribution in [3.05, 3.63) is 36.4 Å². The number of hydrogen-bond donors (Lipinski definition) is 6. The summed E-state index contributed by atoms with van der Waals surface area (Å²) in [4.78, 5) is 4.74. The highest BCUT2D eigenvalue weighted by atomic mass is 16.3. The molecule has 0 atom stereocenters. The van der Waals surface area contributed by atoms with E-state index in [2.05, 4.69) is 32.6 Å². The number of rotatable bonds is 8. The number of phenolic OH excluding ortho intramolecular Hbond substituents is 2. The average molecular weight is 495 g/mol. The van der Waals surface area contributed by atoms with Gasteiger partial charge >= 0.3 is 0 Å². The predicted molar refractivity (Wildman–Crippen MR) is 145 cm³/mol.